The summed E-state index contributed by atoms with van der Waals surface area (Å²) in [5.74, 6) is -3.74. The Labute approximate surface area is 352 Å². The van der Waals surface area contributed by atoms with Crippen molar-refractivity contribution in [1.29, 1.82) is 0 Å². The molecule has 0 aliphatic carbocycles. The van der Waals surface area contributed by atoms with E-state index in [9.17, 15) is 32.3 Å². The fourth-order valence-electron chi connectivity index (χ4n) is 4.12. The van der Waals surface area contributed by atoms with Gasteiger partial charge in [0.1, 0.15) is 35.0 Å². The minimum Gasteiger partial charge on any atom is -0.396 e. The summed E-state index contributed by atoms with van der Waals surface area (Å²) in [6, 6.07) is 13.5. The molecule has 4 aromatic carbocycles. The average molecular weight is 1110 g/mol. The Morgan fingerprint density at radius 2 is 1.19 bits per heavy atom. The van der Waals surface area contributed by atoms with Gasteiger partial charge in [0.15, 0.2) is 0 Å². The zero-order valence-corrected chi connectivity index (χ0v) is 36.0. The second kappa shape index (κ2) is 21.0. The molecule has 0 aliphatic rings. The maximum Gasteiger partial charge on any atom is 0.277 e. The molecule has 54 heavy (non-hydrogen) atoms. The van der Waals surface area contributed by atoms with E-state index in [1.165, 1.54) is 50.2 Å². The van der Waals surface area contributed by atoms with Gasteiger partial charge >= 0.3 is 0 Å². The molecule has 0 bridgehead atoms. The molecule has 2 amide bonds. The van der Waals surface area contributed by atoms with Gasteiger partial charge in [0.25, 0.3) is 11.8 Å². The van der Waals surface area contributed by atoms with Crippen molar-refractivity contribution < 1.29 is 52.1 Å². The number of halogens is 8. The zero-order valence-electron chi connectivity index (χ0n) is 28.5. The van der Waals surface area contributed by atoms with E-state index >= 15 is 0 Å². The molecule has 0 fully saturated rings. The molecule has 292 valence electrons. The van der Waals surface area contributed by atoms with Crippen molar-refractivity contribution in [3.63, 3.8) is 0 Å². The molecule has 2 unspecified atom stereocenters. The van der Waals surface area contributed by atoms with Gasteiger partial charge in [-0.1, -0.05) is 0 Å². The highest BCUT2D eigenvalue weighted by Gasteiger charge is 2.30. The summed E-state index contributed by atoms with van der Waals surface area (Å²) in [6.45, 7) is 3.96. The van der Waals surface area contributed by atoms with Crippen LogP contribution in [0.15, 0.2) is 69.6 Å². The Bertz CT molecular complexity index is 1970. The molecule has 0 aliphatic heterocycles. The van der Waals surface area contributed by atoms with E-state index < -0.39 is 59.5 Å². The van der Waals surface area contributed by atoms with Crippen molar-refractivity contribution in [3.8, 4) is 0 Å². The van der Waals surface area contributed by atoms with E-state index in [4.69, 9.17) is 19.9 Å². The number of carbonyl (C=O) groups is 2. The van der Waals surface area contributed by atoms with Gasteiger partial charge in [-0.05, 0) is 165 Å². The van der Waals surface area contributed by atoms with Crippen LogP contribution in [-0.4, -0.2) is 58.2 Å². The van der Waals surface area contributed by atoms with E-state index in [-0.39, 0.29) is 49.4 Å². The van der Waals surface area contributed by atoms with Crippen molar-refractivity contribution in [2.75, 3.05) is 23.8 Å². The lowest BCUT2D eigenvalue weighted by Crippen LogP contribution is -2.46. The predicted molar refractivity (Wildman–Crippen MR) is 218 cm³/mol. The fourth-order valence-corrected chi connectivity index (χ4v) is 5.71. The number of hydroxylamine groups is 2. The third-order valence-electron chi connectivity index (χ3n) is 7.28. The van der Waals surface area contributed by atoms with Crippen LogP contribution in [0.3, 0.4) is 0 Å². The normalized spacial score (nSPS) is 12.3. The minimum atomic E-state index is -1.28. The number of amides is 2. The number of aliphatic hydroxyl groups excluding tert-OH is 3. The number of rotatable bonds is 14. The Hall–Kier alpha value is -2.64. The van der Waals surface area contributed by atoms with Crippen LogP contribution < -0.4 is 21.6 Å². The lowest BCUT2D eigenvalue weighted by molar-refractivity contribution is -0.144. The van der Waals surface area contributed by atoms with Gasteiger partial charge in [0.05, 0.1) is 55.5 Å². The van der Waals surface area contributed by atoms with Gasteiger partial charge in [-0.25, -0.2) is 28.5 Å². The molecular weight excluding hydrogens is 1080 g/mol. The quantitative estimate of drug-likeness (QED) is 0.0374. The Kier molecular flexibility index (Phi) is 17.8. The van der Waals surface area contributed by atoms with Crippen molar-refractivity contribution in [2.45, 2.75) is 45.0 Å². The van der Waals surface area contributed by atoms with Crippen LogP contribution in [0.1, 0.15) is 47.9 Å². The van der Waals surface area contributed by atoms with Crippen LogP contribution in [-0.2, 0) is 9.68 Å². The molecule has 11 nitrogen and oxygen atoms in total. The predicted octanol–water partition coefficient (Wildman–Crippen LogP) is 8.38. The van der Waals surface area contributed by atoms with Crippen molar-refractivity contribution in [3.05, 3.63) is 111 Å². The summed E-state index contributed by atoms with van der Waals surface area (Å²) < 4.78 is 57.6. The first kappa shape index (κ1) is 45.7. The molecular formula is C35H34Br2F4I2N4O7. The van der Waals surface area contributed by atoms with Gasteiger partial charge in [0.2, 0.25) is 0 Å². The van der Waals surface area contributed by atoms with Crippen molar-refractivity contribution in [1.82, 2.24) is 11.0 Å². The van der Waals surface area contributed by atoms with Gasteiger partial charge in [-0.2, -0.15) is 0 Å². The summed E-state index contributed by atoms with van der Waals surface area (Å²) in [7, 11) is 0. The van der Waals surface area contributed by atoms with E-state index in [1.807, 2.05) is 45.2 Å². The molecule has 2 atom stereocenters. The summed E-state index contributed by atoms with van der Waals surface area (Å²) in [6.07, 6.45) is -1.31. The van der Waals surface area contributed by atoms with E-state index in [2.05, 4.69) is 53.5 Å². The first-order valence-electron chi connectivity index (χ1n) is 15.6. The second-order valence-corrected chi connectivity index (χ2v) is 16.0. The largest absolute Gasteiger partial charge is 0.396 e. The molecule has 0 radical (unpaired) electrons. The highest BCUT2D eigenvalue weighted by Crippen LogP contribution is 2.31. The van der Waals surface area contributed by atoms with Crippen molar-refractivity contribution >= 4 is 112 Å². The third kappa shape index (κ3) is 13.2. The number of benzene rings is 4. The van der Waals surface area contributed by atoms with Crippen LogP contribution in [0.25, 0.3) is 0 Å². The number of hydrogen-bond donors (Lipinski definition) is 7. The second-order valence-electron chi connectivity index (χ2n) is 11.8. The molecule has 4 aromatic rings. The minimum absolute atomic E-state index is 0.0161. The fraction of sp³-hybridized carbons (Fsp3) is 0.257. The van der Waals surface area contributed by atoms with Gasteiger partial charge < -0.3 is 26.0 Å². The molecule has 0 saturated carbocycles. The third-order valence-corrected chi connectivity index (χ3v) is 9.84. The average Bonchev–Trinajstić information content (AvgIpc) is 3.11. The van der Waals surface area contributed by atoms with Crippen LogP contribution >= 0.6 is 77.0 Å². The molecule has 0 aromatic heterocycles. The lowest BCUT2D eigenvalue weighted by atomic mass is 10.0. The van der Waals surface area contributed by atoms with E-state index in [0.717, 1.165) is 12.1 Å². The maximum absolute atomic E-state index is 14.1. The SMILES string of the molecule is CC(C)(ONC(=O)c1cc(Br)c(F)cc1Nc1ccc(I)cc1F)C(O)CO.CC(CCO)ONC(=O)c1cc(Br)c(F)cc1Nc1ccc(I)cc1F. The zero-order chi connectivity index (χ0) is 40.3. The molecule has 19 heteroatoms. The summed E-state index contributed by atoms with van der Waals surface area (Å²) in [4.78, 5) is 35.3. The smallest absolute Gasteiger partial charge is 0.277 e. The van der Waals surface area contributed by atoms with Gasteiger partial charge in [0, 0.05) is 13.7 Å². The van der Waals surface area contributed by atoms with Gasteiger partial charge in [-0.15, -0.1) is 0 Å². The van der Waals surface area contributed by atoms with Crippen LogP contribution in [0.2, 0.25) is 0 Å². The standard InChI is InChI=1S/C18H18BrF2IN2O4.C17H16BrF2IN2O3/c1-18(2,16(26)8-25)28-24-17(27)10-6-11(19)12(20)7-15(10)23-14-4-3-9(22)5-13(14)21;1-9(4-5-24)26-23-17(25)11-7-12(18)13(19)8-16(11)22-15-3-2-10(21)6-14(15)20/h3-7,16,23,25-26H,8H2,1-2H3,(H,24,27);2-3,6-9,22,24H,4-5H2,1H3,(H,23,25). The Balaban J connectivity index is 0.000000291. The molecule has 0 saturated heterocycles. The number of anilines is 4. The Morgan fingerprint density at radius 1 is 0.741 bits per heavy atom. The topological polar surface area (TPSA) is 161 Å². The number of aliphatic hydroxyl groups is 3. The van der Waals surface area contributed by atoms with Crippen molar-refractivity contribution in [2.24, 2.45) is 0 Å². The van der Waals surface area contributed by atoms with E-state index in [0.29, 0.717) is 13.6 Å². The first-order valence-corrected chi connectivity index (χ1v) is 19.4. The summed E-state index contributed by atoms with van der Waals surface area (Å²) >= 11 is 9.97. The maximum atomic E-state index is 14.1. The first-order chi connectivity index (χ1) is 25.4. The lowest BCUT2D eigenvalue weighted by Gasteiger charge is -2.28. The number of hydrogen-bond acceptors (Lipinski definition) is 9. The summed E-state index contributed by atoms with van der Waals surface area (Å²) in [5.41, 5.74) is 3.44. The molecule has 7 N–H and O–H groups in total. The van der Waals surface area contributed by atoms with Crippen LogP contribution in [0.4, 0.5) is 40.3 Å². The monoisotopic (exact) mass is 1110 g/mol. The highest BCUT2D eigenvalue weighted by molar-refractivity contribution is 14.1. The highest BCUT2D eigenvalue weighted by atomic mass is 127. The molecule has 0 spiro atoms. The van der Waals surface area contributed by atoms with Gasteiger partial charge in [-0.3, -0.25) is 19.3 Å². The molecule has 0 heterocycles. The number of nitrogens with one attached hydrogen (secondary N) is 4. The van der Waals surface area contributed by atoms with E-state index in [1.54, 1.807) is 19.1 Å². The summed E-state index contributed by atoms with van der Waals surface area (Å²) in [5, 5.41) is 33.0. The number of carbonyl (C=O) groups excluding carboxylic acids is 2. The van der Waals surface area contributed by atoms with Crippen LogP contribution in [0.5, 0.6) is 0 Å². The molecule has 4 rings (SSSR count). The Morgan fingerprint density at radius 3 is 1.59 bits per heavy atom. The van der Waals surface area contributed by atoms with Crippen LogP contribution in [0, 0.1) is 30.4 Å².